The third kappa shape index (κ3) is 3.42. The van der Waals surface area contributed by atoms with Gasteiger partial charge in [0.1, 0.15) is 0 Å². The Morgan fingerprint density at radius 2 is 2.29 bits per heavy atom. The molecule has 14 heavy (non-hydrogen) atoms. The topological polar surface area (TPSA) is 58.3 Å². The zero-order chi connectivity index (χ0) is 10.6. The van der Waals surface area contributed by atoms with Crippen LogP contribution in [0.15, 0.2) is 0 Å². The van der Waals surface area contributed by atoms with Gasteiger partial charge in [-0.2, -0.15) is 11.8 Å². The van der Waals surface area contributed by atoms with Crippen LogP contribution in [0.3, 0.4) is 0 Å². The zero-order valence-corrected chi connectivity index (χ0v) is 9.94. The average Bonchev–Trinajstić information content (AvgIpc) is 2.52. The molecule has 1 heterocycles. The van der Waals surface area contributed by atoms with E-state index in [0.29, 0.717) is 12.6 Å². The predicted molar refractivity (Wildman–Crippen MR) is 62.6 cm³/mol. The van der Waals surface area contributed by atoms with Gasteiger partial charge in [-0.25, -0.2) is 0 Å². The van der Waals surface area contributed by atoms with E-state index < -0.39 is 0 Å². The van der Waals surface area contributed by atoms with Crippen LogP contribution in [0.4, 0.5) is 0 Å². The third-order valence-electron chi connectivity index (χ3n) is 2.74. The molecule has 1 rings (SSSR count). The van der Waals surface area contributed by atoms with Crippen molar-refractivity contribution in [3.05, 3.63) is 0 Å². The van der Waals surface area contributed by atoms with Crippen LogP contribution in [-0.2, 0) is 0 Å². The maximum absolute atomic E-state index is 9.28. The normalized spacial score (nSPS) is 31.7. The Morgan fingerprint density at radius 1 is 1.57 bits per heavy atom. The fourth-order valence-corrected chi connectivity index (χ4v) is 3.45. The van der Waals surface area contributed by atoms with Gasteiger partial charge in [-0.3, -0.25) is 0 Å². The monoisotopic (exact) mass is 218 g/mol. The van der Waals surface area contributed by atoms with E-state index in [0.717, 1.165) is 18.6 Å². The maximum Gasteiger partial charge on any atom is 0.0526 e. The summed E-state index contributed by atoms with van der Waals surface area (Å²) in [6, 6.07) is 0.345. The molecule has 0 spiro atoms. The molecule has 3 unspecified atom stereocenters. The fraction of sp³-hybridized carbons (Fsp3) is 1.00. The highest BCUT2D eigenvalue weighted by molar-refractivity contribution is 7.99. The van der Waals surface area contributed by atoms with Crippen molar-refractivity contribution in [1.82, 2.24) is 5.32 Å². The van der Waals surface area contributed by atoms with Crippen molar-refractivity contribution in [3.63, 3.8) is 0 Å². The average molecular weight is 218 g/mol. The van der Waals surface area contributed by atoms with Crippen LogP contribution in [0.25, 0.3) is 0 Å². The quantitative estimate of drug-likeness (QED) is 0.631. The summed E-state index contributed by atoms with van der Waals surface area (Å²) in [5, 5.41) is 12.8. The van der Waals surface area contributed by atoms with E-state index in [4.69, 9.17) is 5.73 Å². The van der Waals surface area contributed by atoms with Gasteiger partial charge < -0.3 is 16.2 Å². The Hall–Kier alpha value is 0.230. The molecule has 4 N–H and O–H groups in total. The van der Waals surface area contributed by atoms with Gasteiger partial charge in [0.25, 0.3) is 0 Å². The summed E-state index contributed by atoms with van der Waals surface area (Å²) in [6.07, 6.45) is 1.71. The molecule has 0 aromatic rings. The molecular formula is C10H22N2OS. The van der Waals surface area contributed by atoms with Gasteiger partial charge in [0.05, 0.1) is 6.10 Å². The van der Waals surface area contributed by atoms with Gasteiger partial charge >= 0.3 is 0 Å². The van der Waals surface area contributed by atoms with E-state index in [-0.39, 0.29) is 11.6 Å². The van der Waals surface area contributed by atoms with Crippen LogP contribution >= 0.6 is 11.8 Å². The summed E-state index contributed by atoms with van der Waals surface area (Å²) in [7, 11) is 0. The van der Waals surface area contributed by atoms with Crippen LogP contribution in [0.5, 0.6) is 0 Å². The first-order valence-electron chi connectivity index (χ1n) is 5.31. The van der Waals surface area contributed by atoms with Crippen LogP contribution in [0.2, 0.25) is 0 Å². The van der Waals surface area contributed by atoms with E-state index in [9.17, 15) is 5.11 Å². The molecule has 1 aliphatic rings. The molecule has 0 aliphatic carbocycles. The minimum Gasteiger partial charge on any atom is -0.393 e. The van der Waals surface area contributed by atoms with Crippen molar-refractivity contribution < 1.29 is 5.11 Å². The number of nitrogens with two attached hydrogens (primary N) is 1. The molecule has 84 valence electrons. The SMILES string of the molecule is CC(O)CC(C)NC1(CN)CCSC1. The molecule has 1 saturated heterocycles. The van der Waals surface area contributed by atoms with Crippen LogP contribution in [0, 0.1) is 0 Å². The van der Waals surface area contributed by atoms with Gasteiger partial charge in [-0.15, -0.1) is 0 Å². The highest BCUT2D eigenvalue weighted by atomic mass is 32.2. The number of aliphatic hydroxyl groups is 1. The second-order valence-corrected chi connectivity index (χ2v) is 5.52. The third-order valence-corrected chi connectivity index (χ3v) is 3.99. The minimum absolute atomic E-state index is 0.124. The largest absolute Gasteiger partial charge is 0.393 e. The maximum atomic E-state index is 9.28. The second kappa shape index (κ2) is 5.35. The lowest BCUT2D eigenvalue weighted by Gasteiger charge is -2.32. The summed E-state index contributed by atoms with van der Waals surface area (Å²) in [6.45, 7) is 4.65. The molecule has 0 bridgehead atoms. The van der Waals surface area contributed by atoms with Gasteiger partial charge in [0, 0.05) is 23.9 Å². The standard InChI is InChI=1S/C10H22N2OS/c1-8(5-9(2)13)12-10(6-11)3-4-14-7-10/h8-9,12-13H,3-7,11H2,1-2H3. The fourth-order valence-electron chi connectivity index (χ4n) is 2.03. The van der Waals surface area contributed by atoms with Crippen LogP contribution in [0.1, 0.15) is 26.7 Å². The Kier molecular flexibility index (Phi) is 4.70. The van der Waals surface area contributed by atoms with E-state index in [2.05, 4.69) is 12.2 Å². The number of hydrogen-bond donors (Lipinski definition) is 3. The van der Waals surface area contributed by atoms with Gasteiger partial charge in [-0.1, -0.05) is 0 Å². The van der Waals surface area contributed by atoms with Crippen molar-refractivity contribution in [2.45, 2.75) is 44.4 Å². The lowest BCUT2D eigenvalue weighted by molar-refractivity contribution is 0.161. The van der Waals surface area contributed by atoms with Crippen molar-refractivity contribution in [3.8, 4) is 0 Å². The molecule has 1 fully saturated rings. The van der Waals surface area contributed by atoms with Gasteiger partial charge in [0.2, 0.25) is 0 Å². The van der Waals surface area contributed by atoms with E-state index >= 15 is 0 Å². The summed E-state index contributed by atoms with van der Waals surface area (Å²) in [5.41, 5.74) is 5.93. The summed E-state index contributed by atoms with van der Waals surface area (Å²) < 4.78 is 0. The van der Waals surface area contributed by atoms with E-state index in [1.165, 1.54) is 5.75 Å². The molecule has 0 amide bonds. The van der Waals surface area contributed by atoms with E-state index in [1.54, 1.807) is 0 Å². The summed E-state index contributed by atoms with van der Waals surface area (Å²) in [4.78, 5) is 0. The van der Waals surface area contributed by atoms with Crippen LogP contribution < -0.4 is 11.1 Å². The van der Waals surface area contributed by atoms with Crippen molar-refractivity contribution in [2.75, 3.05) is 18.1 Å². The molecule has 1 aliphatic heterocycles. The number of thioether (sulfide) groups is 1. The molecule has 3 atom stereocenters. The van der Waals surface area contributed by atoms with Gasteiger partial charge in [0.15, 0.2) is 0 Å². The highest BCUT2D eigenvalue weighted by Crippen LogP contribution is 2.27. The van der Waals surface area contributed by atoms with Crippen molar-refractivity contribution in [1.29, 1.82) is 0 Å². The number of nitrogens with one attached hydrogen (secondary N) is 1. The summed E-state index contributed by atoms with van der Waals surface area (Å²) in [5.74, 6) is 2.30. The Bertz CT molecular complexity index is 170. The first kappa shape index (κ1) is 12.3. The van der Waals surface area contributed by atoms with E-state index in [1.807, 2.05) is 18.7 Å². The number of hydrogen-bond acceptors (Lipinski definition) is 4. The molecule has 3 nitrogen and oxygen atoms in total. The molecule has 4 heteroatoms. The Morgan fingerprint density at radius 3 is 2.71 bits per heavy atom. The predicted octanol–water partition coefficient (Wildman–Crippen LogP) is 0.570. The first-order chi connectivity index (χ1) is 6.58. The molecule has 0 aromatic carbocycles. The smallest absolute Gasteiger partial charge is 0.0526 e. The molecule has 0 saturated carbocycles. The van der Waals surface area contributed by atoms with Gasteiger partial charge in [-0.05, 0) is 32.4 Å². The number of aliphatic hydroxyl groups excluding tert-OH is 1. The van der Waals surface area contributed by atoms with Crippen molar-refractivity contribution >= 4 is 11.8 Å². The Balaban J connectivity index is 2.39. The zero-order valence-electron chi connectivity index (χ0n) is 9.12. The number of rotatable bonds is 5. The molecular weight excluding hydrogens is 196 g/mol. The molecule has 0 radical (unpaired) electrons. The summed E-state index contributed by atoms with van der Waals surface area (Å²) >= 11 is 1.96. The minimum atomic E-state index is -0.235. The highest BCUT2D eigenvalue weighted by Gasteiger charge is 2.33. The lowest BCUT2D eigenvalue weighted by Crippen LogP contribution is -2.55. The second-order valence-electron chi connectivity index (χ2n) is 4.42. The lowest BCUT2D eigenvalue weighted by atomic mass is 9.97. The van der Waals surface area contributed by atoms with Crippen LogP contribution in [-0.4, -0.2) is 40.8 Å². The van der Waals surface area contributed by atoms with Crippen molar-refractivity contribution in [2.24, 2.45) is 5.73 Å². The first-order valence-corrected chi connectivity index (χ1v) is 6.47. The Labute approximate surface area is 90.8 Å². The molecule has 0 aromatic heterocycles.